The summed E-state index contributed by atoms with van der Waals surface area (Å²) in [6, 6.07) is 0. The summed E-state index contributed by atoms with van der Waals surface area (Å²) in [4.78, 5) is 14.1. The Labute approximate surface area is 110 Å². The van der Waals surface area contributed by atoms with Crippen LogP contribution in [0, 0.1) is 10.3 Å². The molecule has 0 aliphatic carbocycles. The maximum Gasteiger partial charge on any atom is 0.155 e. The van der Waals surface area contributed by atoms with E-state index in [2.05, 4.69) is 17.1 Å². The average molecular weight is 263 g/mol. The van der Waals surface area contributed by atoms with Gasteiger partial charge in [0.1, 0.15) is 6.10 Å². The van der Waals surface area contributed by atoms with Crippen molar-refractivity contribution in [1.29, 1.82) is 0 Å². The van der Waals surface area contributed by atoms with Crippen LogP contribution in [0.4, 0.5) is 0 Å². The van der Waals surface area contributed by atoms with Crippen molar-refractivity contribution in [3.05, 3.63) is 4.91 Å². The van der Waals surface area contributed by atoms with E-state index in [1.807, 2.05) is 6.92 Å². The normalized spacial score (nSPS) is 12.3. The molecular weight excluding hydrogens is 234 g/mol. The zero-order valence-corrected chi connectivity index (χ0v) is 12.2. The molecule has 1 unspecified atom stereocenters. The van der Waals surface area contributed by atoms with Crippen molar-refractivity contribution in [2.75, 3.05) is 13.2 Å². The first-order chi connectivity index (χ1) is 8.43. The summed E-state index contributed by atoms with van der Waals surface area (Å²) in [5.41, 5.74) is -0.306. The van der Waals surface area contributed by atoms with Gasteiger partial charge in [0.05, 0.1) is 13.2 Å². The van der Waals surface area contributed by atoms with Gasteiger partial charge in [0.25, 0.3) is 0 Å². The molecule has 0 aliphatic heterocycles. The van der Waals surface area contributed by atoms with Gasteiger partial charge in [0, 0.05) is 5.41 Å². The van der Waals surface area contributed by atoms with Crippen LogP contribution in [-0.4, -0.2) is 29.5 Å². The van der Waals surface area contributed by atoms with Gasteiger partial charge in [-0.05, 0) is 19.8 Å². The molecule has 2 N–H and O–H groups in total. The Morgan fingerprint density at radius 3 is 2.06 bits per heavy atom. The van der Waals surface area contributed by atoms with Gasteiger partial charge in [-0.1, -0.05) is 40.0 Å². The van der Waals surface area contributed by atoms with E-state index < -0.39 is 0 Å². The van der Waals surface area contributed by atoms with Crippen LogP contribution in [0.3, 0.4) is 0 Å². The molecule has 0 aliphatic rings. The summed E-state index contributed by atoms with van der Waals surface area (Å²) in [6.45, 7) is 7.73. The largest absolute Gasteiger partial charge is 0.396 e. The second-order valence-corrected chi connectivity index (χ2v) is 5.32. The van der Waals surface area contributed by atoms with Crippen LogP contribution in [0.25, 0.3) is 0 Å². The van der Waals surface area contributed by atoms with Crippen LogP contribution in [0.1, 0.15) is 59.8 Å². The number of unbranched alkanes of at least 4 members (excludes halogenated alkanes) is 3. The zero-order valence-electron chi connectivity index (χ0n) is 12.2. The van der Waals surface area contributed by atoms with Gasteiger partial charge in [-0.15, -0.1) is 4.91 Å². The molecule has 0 heterocycles. The summed E-state index contributed by atoms with van der Waals surface area (Å²) in [7, 11) is 0. The van der Waals surface area contributed by atoms with Crippen molar-refractivity contribution in [3.63, 3.8) is 0 Å². The lowest BCUT2D eigenvalue weighted by Crippen LogP contribution is -2.20. The molecule has 1 atom stereocenters. The molecule has 110 valence electrons. The molecule has 0 bridgehead atoms. The lowest BCUT2D eigenvalue weighted by Gasteiger charge is -2.16. The molecule has 0 saturated carbocycles. The van der Waals surface area contributed by atoms with Gasteiger partial charge in [-0.3, -0.25) is 0 Å². The van der Waals surface area contributed by atoms with Gasteiger partial charge in [0.15, 0.2) is 5.34 Å². The number of aliphatic hydroxyl groups excluding tert-OH is 2. The van der Waals surface area contributed by atoms with E-state index in [9.17, 15) is 4.91 Å². The summed E-state index contributed by atoms with van der Waals surface area (Å²) >= 11 is 0. The Morgan fingerprint density at radius 2 is 1.72 bits per heavy atom. The SMILES string of the molecule is CC(C)(CO)CO.CCCCCCC(C)ON=O. The van der Waals surface area contributed by atoms with Crippen molar-refractivity contribution in [2.45, 2.75) is 65.9 Å². The summed E-state index contributed by atoms with van der Waals surface area (Å²) in [5.74, 6) is 0. The van der Waals surface area contributed by atoms with Gasteiger partial charge in [-0.25, -0.2) is 0 Å². The first-order valence-electron chi connectivity index (χ1n) is 6.63. The predicted octanol–water partition coefficient (Wildman–Crippen LogP) is 3.04. The molecule has 0 rings (SSSR count). The topological polar surface area (TPSA) is 79.1 Å². The molecule has 5 heteroatoms. The number of hydrogen-bond acceptors (Lipinski definition) is 5. The lowest BCUT2D eigenvalue weighted by molar-refractivity contribution is 0.0607. The highest BCUT2D eigenvalue weighted by Gasteiger charge is 2.13. The second-order valence-electron chi connectivity index (χ2n) is 5.32. The number of aliphatic hydroxyl groups is 2. The van der Waals surface area contributed by atoms with Crippen molar-refractivity contribution in [2.24, 2.45) is 10.8 Å². The molecule has 0 fully saturated rings. The highest BCUT2D eigenvalue weighted by Crippen LogP contribution is 2.10. The number of nitrogens with zero attached hydrogens (tertiary/aromatic N) is 1. The highest BCUT2D eigenvalue weighted by atomic mass is 16.7. The van der Waals surface area contributed by atoms with Crippen LogP contribution in [0.5, 0.6) is 0 Å². The second kappa shape index (κ2) is 12.8. The van der Waals surface area contributed by atoms with Crippen molar-refractivity contribution >= 4 is 0 Å². The molecule has 0 radical (unpaired) electrons. The van der Waals surface area contributed by atoms with E-state index in [1.54, 1.807) is 13.8 Å². The van der Waals surface area contributed by atoms with E-state index in [0.717, 1.165) is 12.8 Å². The van der Waals surface area contributed by atoms with Crippen molar-refractivity contribution in [1.82, 2.24) is 0 Å². The minimum atomic E-state index is -0.306. The van der Waals surface area contributed by atoms with E-state index >= 15 is 0 Å². The van der Waals surface area contributed by atoms with E-state index in [1.165, 1.54) is 19.3 Å². The Morgan fingerprint density at radius 1 is 1.17 bits per heavy atom. The third-order valence-electron chi connectivity index (χ3n) is 2.54. The first kappa shape index (κ1) is 19.7. The van der Waals surface area contributed by atoms with Crippen LogP contribution in [0.2, 0.25) is 0 Å². The fourth-order valence-corrected chi connectivity index (χ4v) is 1.03. The fourth-order valence-electron chi connectivity index (χ4n) is 1.03. The maximum absolute atomic E-state index is 9.63. The third kappa shape index (κ3) is 15.3. The monoisotopic (exact) mass is 263 g/mol. The Bertz CT molecular complexity index is 180. The molecule has 18 heavy (non-hydrogen) atoms. The smallest absolute Gasteiger partial charge is 0.155 e. The lowest BCUT2D eigenvalue weighted by atomic mass is 9.97. The molecule has 0 aromatic rings. The molecular formula is C13H29NO4. The highest BCUT2D eigenvalue weighted by molar-refractivity contribution is 4.62. The zero-order chi connectivity index (χ0) is 14.4. The van der Waals surface area contributed by atoms with E-state index in [-0.39, 0.29) is 24.7 Å². The summed E-state index contributed by atoms with van der Waals surface area (Å²) in [5, 5.41) is 19.3. The molecule has 0 aromatic carbocycles. The number of rotatable bonds is 9. The first-order valence-corrected chi connectivity index (χ1v) is 6.63. The average Bonchev–Trinajstić information content (AvgIpc) is 2.36. The molecule has 0 amide bonds. The van der Waals surface area contributed by atoms with Crippen molar-refractivity contribution < 1.29 is 15.1 Å². The van der Waals surface area contributed by atoms with Gasteiger partial charge in [0.2, 0.25) is 0 Å². The number of hydrogen-bond donors (Lipinski definition) is 2. The summed E-state index contributed by atoms with van der Waals surface area (Å²) < 4.78 is 0. The quantitative estimate of drug-likeness (QED) is 0.381. The maximum atomic E-state index is 9.63. The predicted molar refractivity (Wildman–Crippen MR) is 73.1 cm³/mol. The van der Waals surface area contributed by atoms with Crippen LogP contribution in [0.15, 0.2) is 5.34 Å². The van der Waals surface area contributed by atoms with Gasteiger partial charge >= 0.3 is 0 Å². The minimum absolute atomic E-state index is 0.00986. The fraction of sp³-hybridized carbons (Fsp3) is 1.00. The minimum Gasteiger partial charge on any atom is -0.396 e. The van der Waals surface area contributed by atoms with Crippen molar-refractivity contribution in [3.8, 4) is 0 Å². The third-order valence-corrected chi connectivity index (χ3v) is 2.54. The Hall–Kier alpha value is -0.680. The van der Waals surface area contributed by atoms with Gasteiger partial charge < -0.3 is 15.1 Å². The molecule has 0 aromatic heterocycles. The van der Waals surface area contributed by atoms with Gasteiger partial charge in [-0.2, -0.15) is 0 Å². The molecule has 0 saturated heterocycles. The van der Waals surface area contributed by atoms with E-state index in [4.69, 9.17) is 10.2 Å². The van der Waals surface area contributed by atoms with Crippen LogP contribution < -0.4 is 0 Å². The Balaban J connectivity index is 0. The molecule has 0 spiro atoms. The molecule has 5 nitrogen and oxygen atoms in total. The standard InChI is InChI=1S/C8H17NO2.C5H12O2/c1-3-4-5-6-7-8(2)11-9-10;1-5(2,3-6)4-7/h8H,3-7H2,1-2H3;6-7H,3-4H2,1-2H3. The summed E-state index contributed by atoms with van der Waals surface area (Å²) in [6.07, 6.45) is 5.78. The van der Waals surface area contributed by atoms with E-state index in [0.29, 0.717) is 0 Å². The van der Waals surface area contributed by atoms with Crippen LogP contribution >= 0.6 is 0 Å². The Kier molecular flexibility index (Phi) is 13.9. The van der Waals surface area contributed by atoms with Crippen LogP contribution in [-0.2, 0) is 4.84 Å².